The lowest BCUT2D eigenvalue weighted by Gasteiger charge is -2.07. The van der Waals surface area contributed by atoms with Gasteiger partial charge in [0.2, 0.25) is 0 Å². The van der Waals surface area contributed by atoms with Crippen molar-refractivity contribution >= 4 is 5.97 Å². The van der Waals surface area contributed by atoms with Crippen LogP contribution in [0.1, 0.15) is 6.42 Å². The van der Waals surface area contributed by atoms with Gasteiger partial charge in [0.1, 0.15) is 6.04 Å². The van der Waals surface area contributed by atoms with E-state index in [-0.39, 0.29) is 13.2 Å². The normalized spacial score (nSPS) is 12.0. The van der Waals surface area contributed by atoms with E-state index in [4.69, 9.17) is 16.6 Å². The topological polar surface area (TPSA) is 69.6 Å². The van der Waals surface area contributed by atoms with Gasteiger partial charge in [0.25, 0.3) is 0 Å². The zero-order valence-electron chi connectivity index (χ0n) is 5.37. The van der Waals surface area contributed by atoms with E-state index in [2.05, 4.69) is 11.2 Å². The number of hydrogen-bond acceptors (Lipinski definition) is 3. The largest absolute Gasteiger partial charge is 0.480 e. The molecule has 1 unspecified atom stereocenters. The van der Waals surface area contributed by atoms with Crippen molar-refractivity contribution in [3.63, 3.8) is 0 Å². The van der Waals surface area contributed by atoms with Gasteiger partial charge in [-0.25, -0.2) is 0 Å². The molecule has 0 aliphatic carbocycles. The summed E-state index contributed by atoms with van der Waals surface area (Å²) in [6, 6.07) is -0.838. The number of terminal acetylenes is 1. The lowest BCUT2D eigenvalue weighted by Crippen LogP contribution is -2.36. The Kier molecular flexibility index (Phi) is 4.29. The molecule has 56 valence electrons. The van der Waals surface area contributed by atoms with Crippen LogP contribution in [0.3, 0.4) is 0 Å². The van der Waals surface area contributed by atoms with Crippen molar-refractivity contribution in [3.8, 4) is 12.3 Å². The van der Waals surface area contributed by atoms with E-state index in [1.807, 2.05) is 0 Å². The fraction of sp³-hybridized carbons (Fsp3) is 0.500. The first kappa shape index (κ1) is 8.95. The van der Waals surface area contributed by atoms with E-state index in [1.165, 1.54) is 0 Å². The molecule has 0 fully saturated rings. The molecule has 0 radical (unpaired) electrons. The third kappa shape index (κ3) is 3.07. The number of nitrogens with one attached hydrogen (secondary N) is 1. The Morgan fingerprint density at radius 3 is 2.70 bits per heavy atom. The summed E-state index contributed by atoms with van der Waals surface area (Å²) in [5.41, 5.74) is 0. The zero-order valence-corrected chi connectivity index (χ0v) is 5.37. The summed E-state index contributed by atoms with van der Waals surface area (Å²) in [5.74, 6) is 1.13. The van der Waals surface area contributed by atoms with Crippen LogP contribution in [0.2, 0.25) is 0 Å². The van der Waals surface area contributed by atoms with Crippen LogP contribution in [-0.2, 0) is 4.79 Å². The van der Waals surface area contributed by atoms with Crippen LogP contribution in [0.25, 0.3) is 0 Å². The highest BCUT2D eigenvalue weighted by molar-refractivity contribution is 5.73. The Hall–Kier alpha value is -1.05. The second-order valence-electron chi connectivity index (χ2n) is 1.66. The monoisotopic (exact) mass is 143 g/mol. The molecule has 10 heavy (non-hydrogen) atoms. The molecule has 0 saturated heterocycles. The molecule has 0 bridgehead atoms. The molecule has 4 nitrogen and oxygen atoms in total. The number of aliphatic hydroxyl groups excluding tert-OH is 1. The average Bonchev–Trinajstić information content (AvgIpc) is 1.87. The first-order chi connectivity index (χ1) is 4.72. The Bertz CT molecular complexity index is 150. The SMILES string of the molecule is C#CCC(NCO)C(=O)O. The van der Waals surface area contributed by atoms with Gasteiger partial charge in [-0.1, -0.05) is 0 Å². The fourth-order valence-corrected chi connectivity index (χ4v) is 0.475. The van der Waals surface area contributed by atoms with Crippen molar-refractivity contribution in [1.82, 2.24) is 5.32 Å². The molecule has 0 spiro atoms. The first-order valence-electron chi connectivity index (χ1n) is 2.73. The van der Waals surface area contributed by atoms with Crippen LogP contribution in [0.4, 0.5) is 0 Å². The van der Waals surface area contributed by atoms with Crippen LogP contribution >= 0.6 is 0 Å². The van der Waals surface area contributed by atoms with Gasteiger partial charge in [0, 0.05) is 6.42 Å². The molecule has 0 heterocycles. The third-order valence-corrected chi connectivity index (χ3v) is 0.958. The molecule has 0 aromatic heterocycles. The summed E-state index contributed by atoms with van der Waals surface area (Å²) >= 11 is 0. The molecule has 0 saturated carbocycles. The van der Waals surface area contributed by atoms with E-state index in [1.54, 1.807) is 0 Å². The number of rotatable bonds is 4. The van der Waals surface area contributed by atoms with E-state index in [0.717, 1.165) is 0 Å². The van der Waals surface area contributed by atoms with E-state index >= 15 is 0 Å². The summed E-state index contributed by atoms with van der Waals surface area (Å²) in [5, 5.41) is 18.9. The summed E-state index contributed by atoms with van der Waals surface area (Å²) in [6.45, 7) is -0.376. The third-order valence-electron chi connectivity index (χ3n) is 0.958. The molecular weight excluding hydrogens is 134 g/mol. The Balaban J connectivity index is 3.75. The number of carboxylic acid groups (broad SMARTS) is 1. The van der Waals surface area contributed by atoms with Crippen molar-refractivity contribution in [1.29, 1.82) is 0 Å². The average molecular weight is 143 g/mol. The highest BCUT2D eigenvalue weighted by atomic mass is 16.4. The zero-order chi connectivity index (χ0) is 7.98. The molecular formula is C6H9NO3. The van der Waals surface area contributed by atoms with E-state index in [9.17, 15) is 4.79 Å². The second-order valence-corrected chi connectivity index (χ2v) is 1.66. The van der Waals surface area contributed by atoms with Crippen molar-refractivity contribution in [2.75, 3.05) is 6.73 Å². The molecule has 0 amide bonds. The van der Waals surface area contributed by atoms with E-state index < -0.39 is 12.0 Å². The van der Waals surface area contributed by atoms with Gasteiger partial charge in [-0.3, -0.25) is 10.1 Å². The maximum absolute atomic E-state index is 10.2. The van der Waals surface area contributed by atoms with Crippen molar-refractivity contribution in [3.05, 3.63) is 0 Å². The van der Waals surface area contributed by atoms with Gasteiger partial charge in [-0.2, -0.15) is 0 Å². The molecule has 0 aromatic rings. The smallest absolute Gasteiger partial charge is 0.321 e. The molecule has 0 rings (SSSR count). The quantitative estimate of drug-likeness (QED) is 0.349. The van der Waals surface area contributed by atoms with Crippen LogP contribution < -0.4 is 5.32 Å². The maximum atomic E-state index is 10.2. The maximum Gasteiger partial charge on any atom is 0.321 e. The molecule has 1 atom stereocenters. The molecule has 3 N–H and O–H groups in total. The van der Waals surface area contributed by atoms with Crippen molar-refractivity contribution in [2.45, 2.75) is 12.5 Å². The Morgan fingerprint density at radius 1 is 1.80 bits per heavy atom. The highest BCUT2D eigenvalue weighted by Gasteiger charge is 2.13. The molecule has 0 aromatic carbocycles. The van der Waals surface area contributed by atoms with Crippen LogP contribution in [0.5, 0.6) is 0 Å². The predicted molar refractivity (Wildman–Crippen MR) is 35.1 cm³/mol. The number of aliphatic carboxylic acids is 1. The minimum absolute atomic E-state index is 0.0793. The standard InChI is InChI=1S/C6H9NO3/c1-2-3-5(6(9)10)7-4-8/h1,5,7-8H,3-4H2,(H,9,10). The molecule has 0 aliphatic rings. The van der Waals surface area contributed by atoms with Crippen molar-refractivity contribution < 1.29 is 15.0 Å². The van der Waals surface area contributed by atoms with Gasteiger partial charge in [-0.15, -0.1) is 12.3 Å². The van der Waals surface area contributed by atoms with E-state index in [0.29, 0.717) is 0 Å². The number of carbonyl (C=O) groups is 1. The van der Waals surface area contributed by atoms with Crippen LogP contribution in [-0.4, -0.2) is 29.0 Å². The van der Waals surface area contributed by atoms with Gasteiger partial charge in [-0.05, 0) is 0 Å². The van der Waals surface area contributed by atoms with Gasteiger partial charge in [0.05, 0.1) is 6.73 Å². The minimum atomic E-state index is -1.05. The lowest BCUT2D eigenvalue weighted by atomic mass is 10.2. The second kappa shape index (κ2) is 4.79. The summed E-state index contributed by atoms with van der Waals surface area (Å²) < 4.78 is 0. The minimum Gasteiger partial charge on any atom is -0.480 e. The number of aliphatic hydroxyl groups is 1. The predicted octanol–water partition coefficient (Wildman–Crippen LogP) is -0.998. The Labute approximate surface area is 58.9 Å². The molecule has 4 heteroatoms. The van der Waals surface area contributed by atoms with Gasteiger partial charge >= 0.3 is 5.97 Å². The summed E-state index contributed by atoms with van der Waals surface area (Å²) in [6.07, 6.45) is 4.94. The van der Waals surface area contributed by atoms with Gasteiger partial charge < -0.3 is 10.2 Å². The van der Waals surface area contributed by atoms with Crippen LogP contribution in [0.15, 0.2) is 0 Å². The molecule has 0 aliphatic heterocycles. The Morgan fingerprint density at radius 2 is 2.40 bits per heavy atom. The van der Waals surface area contributed by atoms with Crippen molar-refractivity contribution in [2.24, 2.45) is 0 Å². The number of hydrogen-bond donors (Lipinski definition) is 3. The van der Waals surface area contributed by atoms with Crippen LogP contribution in [0, 0.1) is 12.3 Å². The lowest BCUT2D eigenvalue weighted by molar-refractivity contribution is -0.139. The van der Waals surface area contributed by atoms with Gasteiger partial charge in [0.15, 0.2) is 0 Å². The summed E-state index contributed by atoms with van der Waals surface area (Å²) in [7, 11) is 0. The first-order valence-corrected chi connectivity index (χ1v) is 2.73. The number of carboxylic acids is 1. The summed E-state index contributed by atoms with van der Waals surface area (Å²) in [4.78, 5) is 10.2. The fourth-order valence-electron chi connectivity index (χ4n) is 0.475. The highest BCUT2D eigenvalue weighted by Crippen LogP contribution is 1.88.